The lowest BCUT2D eigenvalue weighted by Crippen LogP contribution is -1.99. The van der Waals surface area contributed by atoms with Crippen LogP contribution in [0.5, 0.6) is 0 Å². The number of halogens is 1. The molecule has 0 nitrogen and oxygen atoms in total. The summed E-state index contributed by atoms with van der Waals surface area (Å²) in [7, 11) is 0. The van der Waals surface area contributed by atoms with Crippen LogP contribution in [0.3, 0.4) is 0 Å². The van der Waals surface area contributed by atoms with Gasteiger partial charge in [0.1, 0.15) is 0 Å². The minimum atomic E-state index is 0.555. The number of hydrogen-bond donors (Lipinski definition) is 0. The molecule has 94 valence electrons. The molecule has 0 heterocycles. The molecule has 0 radical (unpaired) electrons. The Balaban J connectivity index is 2.34. The molecule has 1 aromatic rings. The standard InChI is InChI=1S/C16H23Br/c1-4-12(3)14-8-7-13-6-5-11(2)9-16(17)15(13)10-14/h7-8,10-12,16H,4-6,9H2,1-3H3. The third-order valence-electron chi connectivity index (χ3n) is 4.20. The van der Waals surface area contributed by atoms with E-state index in [0.717, 1.165) is 5.92 Å². The van der Waals surface area contributed by atoms with Gasteiger partial charge < -0.3 is 0 Å². The van der Waals surface area contributed by atoms with Crippen LogP contribution in [0.4, 0.5) is 0 Å². The van der Waals surface area contributed by atoms with E-state index in [0.29, 0.717) is 10.7 Å². The number of rotatable bonds is 2. The first kappa shape index (κ1) is 13.1. The molecule has 1 aromatic carbocycles. The molecule has 1 aliphatic rings. The van der Waals surface area contributed by atoms with E-state index in [1.165, 1.54) is 31.2 Å². The van der Waals surface area contributed by atoms with E-state index in [2.05, 4.69) is 54.9 Å². The third kappa shape index (κ3) is 2.93. The van der Waals surface area contributed by atoms with Crippen LogP contribution in [-0.2, 0) is 6.42 Å². The molecule has 0 bridgehead atoms. The van der Waals surface area contributed by atoms with Gasteiger partial charge in [0.25, 0.3) is 0 Å². The molecular weight excluding hydrogens is 272 g/mol. The van der Waals surface area contributed by atoms with Gasteiger partial charge in [-0.1, -0.05) is 54.9 Å². The molecule has 2 rings (SSSR count). The Morgan fingerprint density at radius 3 is 2.88 bits per heavy atom. The minimum Gasteiger partial charge on any atom is -0.0839 e. The fraction of sp³-hybridized carbons (Fsp3) is 0.625. The van der Waals surface area contributed by atoms with Crippen LogP contribution in [0.1, 0.15) is 67.5 Å². The highest BCUT2D eigenvalue weighted by Crippen LogP contribution is 2.38. The zero-order valence-electron chi connectivity index (χ0n) is 11.2. The van der Waals surface area contributed by atoms with Crippen LogP contribution in [0.25, 0.3) is 0 Å². The van der Waals surface area contributed by atoms with E-state index < -0.39 is 0 Å². The summed E-state index contributed by atoms with van der Waals surface area (Å²) in [5.74, 6) is 1.51. The maximum atomic E-state index is 3.88. The summed E-state index contributed by atoms with van der Waals surface area (Å²) in [5, 5.41) is 0. The highest BCUT2D eigenvalue weighted by atomic mass is 79.9. The van der Waals surface area contributed by atoms with Gasteiger partial charge in [0, 0.05) is 4.83 Å². The zero-order chi connectivity index (χ0) is 12.4. The molecule has 1 aliphatic carbocycles. The SMILES string of the molecule is CCC(C)c1ccc2c(c1)C(Br)CC(C)CC2. The predicted molar refractivity (Wildman–Crippen MR) is 78.9 cm³/mol. The molecule has 0 saturated carbocycles. The molecule has 3 atom stereocenters. The van der Waals surface area contributed by atoms with Gasteiger partial charge in [-0.3, -0.25) is 0 Å². The average molecular weight is 295 g/mol. The minimum absolute atomic E-state index is 0.555. The maximum absolute atomic E-state index is 3.88. The Morgan fingerprint density at radius 2 is 2.18 bits per heavy atom. The van der Waals surface area contributed by atoms with Crippen LogP contribution >= 0.6 is 15.9 Å². The molecule has 3 unspecified atom stereocenters. The summed E-state index contributed by atoms with van der Waals surface area (Å²) < 4.78 is 0. The second-order valence-corrected chi connectivity index (χ2v) is 6.72. The van der Waals surface area contributed by atoms with Gasteiger partial charge in [-0.15, -0.1) is 0 Å². The Morgan fingerprint density at radius 1 is 1.41 bits per heavy atom. The summed E-state index contributed by atoms with van der Waals surface area (Å²) in [6.07, 6.45) is 5.08. The van der Waals surface area contributed by atoms with Crippen LogP contribution in [0, 0.1) is 5.92 Å². The van der Waals surface area contributed by atoms with Gasteiger partial charge in [-0.25, -0.2) is 0 Å². The van der Waals surface area contributed by atoms with Gasteiger partial charge in [0.05, 0.1) is 0 Å². The van der Waals surface area contributed by atoms with Crippen molar-refractivity contribution in [2.75, 3.05) is 0 Å². The van der Waals surface area contributed by atoms with Crippen LogP contribution < -0.4 is 0 Å². The summed E-state index contributed by atoms with van der Waals surface area (Å²) in [4.78, 5) is 0.555. The van der Waals surface area contributed by atoms with Gasteiger partial charge in [0.15, 0.2) is 0 Å². The van der Waals surface area contributed by atoms with E-state index in [4.69, 9.17) is 0 Å². The second kappa shape index (κ2) is 5.56. The summed E-state index contributed by atoms with van der Waals surface area (Å²) in [6.45, 7) is 6.96. The Kier molecular flexibility index (Phi) is 4.30. The summed E-state index contributed by atoms with van der Waals surface area (Å²) in [5.41, 5.74) is 4.61. The molecule has 17 heavy (non-hydrogen) atoms. The fourth-order valence-corrected chi connectivity index (χ4v) is 3.74. The smallest absolute Gasteiger partial charge is 0.0400 e. The number of fused-ring (bicyclic) bond motifs is 1. The highest BCUT2D eigenvalue weighted by molar-refractivity contribution is 9.09. The van der Waals surface area contributed by atoms with Gasteiger partial charge in [-0.05, 0) is 54.2 Å². The first-order valence-electron chi connectivity index (χ1n) is 6.88. The molecule has 0 saturated heterocycles. The summed E-state index contributed by atoms with van der Waals surface area (Å²) >= 11 is 3.88. The Labute approximate surface area is 114 Å². The quantitative estimate of drug-likeness (QED) is 0.491. The van der Waals surface area contributed by atoms with E-state index >= 15 is 0 Å². The van der Waals surface area contributed by atoms with E-state index in [1.54, 1.807) is 11.1 Å². The van der Waals surface area contributed by atoms with Gasteiger partial charge in [0.2, 0.25) is 0 Å². The number of hydrogen-bond acceptors (Lipinski definition) is 0. The van der Waals surface area contributed by atoms with Crippen molar-refractivity contribution in [1.82, 2.24) is 0 Å². The number of aryl methyl sites for hydroxylation is 1. The first-order valence-corrected chi connectivity index (χ1v) is 7.80. The Hall–Kier alpha value is -0.300. The number of alkyl halides is 1. The topological polar surface area (TPSA) is 0 Å². The molecular formula is C16H23Br. The van der Waals surface area contributed by atoms with E-state index in [-0.39, 0.29) is 0 Å². The highest BCUT2D eigenvalue weighted by Gasteiger charge is 2.21. The van der Waals surface area contributed by atoms with Crippen LogP contribution in [0.15, 0.2) is 18.2 Å². The molecule has 1 heteroatoms. The monoisotopic (exact) mass is 294 g/mol. The van der Waals surface area contributed by atoms with Crippen molar-refractivity contribution in [2.24, 2.45) is 5.92 Å². The van der Waals surface area contributed by atoms with Crippen molar-refractivity contribution in [1.29, 1.82) is 0 Å². The van der Waals surface area contributed by atoms with Crippen LogP contribution in [-0.4, -0.2) is 0 Å². The lowest BCUT2D eigenvalue weighted by Gasteiger charge is -2.16. The maximum Gasteiger partial charge on any atom is 0.0400 e. The van der Waals surface area contributed by atoms with Crippen LogP contribution in [0.2, 0.25) is 0 Å². The van der Waals surface area contributed by atoms with Gasteiger partial charge in [-0.2, -0.15) is 0 Å². The predicted octanol–water partition coefficient (Wildman–Crippen LogP) is 5.61. The average Bonchev–Trinajstić information content (AvgIpc) is 2.48. The zero-order valence-corrected chi connectivity index (χ0v) is 12.8. The molecule has 0 spiro atoms. The van der Waals surface area contributed by atoms with E-state index in [1.807, 2.05) is 0 Å². The molecule has 0 fully saturated rings. The lowest BCUT2D eigenvalue weighted by atomic mass is 9.93. The first-order chi connectivity index (χ1) is 8.11. The number of benzene rings is 1. The van der Waals surface area contributed by atoms with Crippen molar-refractivity contribution in [2.45, 2.75) is 57.2 Å². The normalized spacial score (nSPS) is 26.1. The van der Waals surface area contributed by atoms with Crippen molar-refractivity contribution >= 4 is 15.9 Å². The largest absolute Gasteiger partial charge is 0.0839 e. The van der Waals surface area contributed by atoms with Crippen molar-refractivity contribution in [3.05, 3.63) is 34.9 Å². The van der Waals surface area contributed by atoms with Crippen molar-refractivity contribution in [3.8, 4) is 0 Å². The van der Waals surface area contributed by atoms with Gasteiger partial charge >= 0.3 is 0 Å². The van der Waals surface area contributed by atoms with Crippen molar-refractivity contribution < 1.29 is 0 Å². The molecule has 0 aliphatic heterocycles. The lowest BCUT2D eigenvalue weighted by molar-refractivity contribution is 0.508. The third-order valence-corrected chi connectivity index (χ3v) is 5.07. The fourth-order valence-electron chi connectivity index (χ4n) is 2.67. The van der Waals surface area contributed by atoms with Crippen molar-refractivity contribution in [3.63, 3.8) is 0 Å². The molecule has 0 aromatic heterocycles. The second-order valence-electron chi connectivity index (χ2n) is 5.61. The molecule has 0 amide bonds. The molecule has 0 N–H and O–H groups in total. The summed E-state index contributed by atoms with van der Waals surface area (Å²) in [6, 6.07) is 7.15. The Bertz CT molecular complexity index is 383. The van der Waals surface area contributed by atoms with E-state index in [9.17, 15) is 0 Å².